The van der Waals surface area contributed by atoms with Gasteiger partial charge in [0.05, 0.1) is 6.04 Å². The summed E-state index contributed by atoms with van der Waals surface area (Å²) in [6.07, 6.45) is 21.7. The Morgan fingerprint density at radius 3 is 2.94 bits per heavy atom. The molecule has 0 bridgehead atoms. The van der Waals surface area contributed by atoms with Crippen molar-refractivity contribution in [2.45, 2.75) is 31.7 Å². The zero-order valence-corrected chi connectivity index (χ0v) is 9.60. The first kappa shape index (κ1) is 11.2. The lowest BCUT2D eigenvalue weighted by molar-refractivity contribution is 0.852. The Labute approximate surface area is 97.7 Å². The molecule has 0 aromatic heterocycles. The molecule has 0 amide bonds. The lowest BCUT2D eigenvalue weighted by Crippen LogP contribution is -2.24. The van der Waals surface area contributed by atoms with Crippen molar-refractivity contribution in [2.24, 2.45) is 5.73 Å². The monoisotopic (exact) mass is 213 g/mol. The van der Waals surface area contributed by atoms with Gasteiger partial charge in [0, 0.05) is 0 Å². The molecule has 0 aliphatic heterocycles. The van der Waals surface area contributed by atoms with Gasteiger partial charge in [0.1, 0.15) is 0 Å². The number of nitrogens with two attached hydrogens (primary N) is 1. The second-order valence-corrected chi connectivity index (χ2v) is 4.27. The fourth-order valence-corrected chi connectivity index (χ4v) is 2.06. The average Bonchev–Trinajstić information content (AvgIpc) is 2.73. The van der Waals surface area contributed by atoms with Crippen molar-refractivity contribution in [3.63, 3.8) is 0 Å². The molecule has 2 aliphatic rings. The number of hydrogen-bond donors (Lipinski definition) is 1. The van der Waals surface area contributed by atoms with Gasteiger partial charge in [0.15, 0.2) is 0 Å². The summed E-state index contributed by atoms with van der Waals surface area (Å²) >= 11 is 0. The normalized spacial score (nSPS) is 22.1. The first-order valence-electron chi connectivity index (χ1n) is 6.02. The Bertz CT molecular complexity index is 380. The molecular formula is C15H19N. The predicted molar refractivity (Wildman–Crippen MR) is 70.0 cm³/mol. The summed E-state index contributed by atoms with van der Waals surface area (Å²) in [5, 5.41) is 0. The zero-order chi connectivity index (χ0) is 11.2. The van der Waals surface area contributed by atoms with Gasteiger partial charge < -0.3 is 5.73 Å². The number of rotatable bonds is 2. The molecule has 0 aromatic carbocycles. The van der Waals surface area contributed by atoms with Crippen LogP contribution in [-0.4, -0.2) is 6.04 Å². The molecule has 0 spiro atoms. The molecule has 0 heterocycles. The van der Waals surface area contributed by atoms with E-state index in [0.29, 0.717) is 0 Å². The first-order valence-corrected chi connectivity index (χ1v) is 6.02. The maximum Gasteiger partial charge on any atom is 0.0513 e. The van der Waals surface area contributed by atoms with Crippen molar-refractivity contribution in [3.8, 4) is 0 Å². The van der Waals surface area contributed by atoms with Crippen LogP contribution >= 0.6 is 0 Å². The molecule has 2 rings (SSSR count). The van der Waals surface area contributed by atoms with Gasteiger partial charge in [-0.05, 0) is 36.8 Å². The Balaban J connectivity index is 2.14. The van der Waals surface area contributed by atoms with Gasteiger partial charge in [0.2, 0.25) is 0 Å². The van der Waals surface area contributed by atoms with Gasteiger partial charge in [-0.1, -0.05) is 48.6 Å². The SMILES string of the molecule is NC(C1=CCCCC=C1)C1=CC=CC=CC1. The Kier molecular flexibility index (Phi) is 3.95. The molecule has 0 saturated carbocycles. The fraction of sp³-hybridized carbons (Fsp3) is 0.333. The number of hydrogen-bond acceptors (Lipinski definition) is 1. The quantitative estimate of drug-likeness (QED) is 0.747. The molecule has 0 radical (unpaired) electrons. The molecule has 0 aromatic rings. The third-order valence-corrected chi connectivity index (χ3v) is 3.05. The number of allylic oxidation sites excluding steroid dienone is 7. The summed E-state index contributed by atoms with van der Waals surface area (Å²) in [6.45, 7) is 0. The standard InChI is InChI=1S/C15H19N/c16-15(13-9-5-1-2-6-10-13)14-11-7-3-4-8-12-14/h1-2,5-7,9,11-12,15H,3-4,8,10,16H2. The van der Waals surface area contributed by atoms with Crippen molar-refractivity contribution in [3.05, 3.63) is 59.8 Å². The molecule has 0 fully saturated rings. The van der Waals surface area contributed by atoms with Crippen LogP contribution < -0.4 is 5.73 Å². The van der Waals surface area contributed by atoms with Crippen LogP contribution in [0.1, 0.15) is 25.7 Å². The smallest absolute Gasteiger partial charge is 0.0513 e. The minimum Gasteiger partial charge on any atom is -0.321 e. The fourth-order valence-electron chi connectivity index (χ4n) is 2.06. The van der Waals surface area contributed by atoms with E-state index in [2.05, 4.69) is 48.6 Å². The second-order valence-electron chi connectivity index (χ2n) is 4.27. The summed E-state index contributed by atoms with van der Waals surface area (Å²) < 4.78 is 0. The van der Waals surface area contributed by atoms with E-state index in [4.69, 9.17) is 5.73 Å². The highest BCUT2D eigenvalue weighted by Crippen LogP contribution is 2.20. The zero-order valence-electron chi connectivity index (χ0n) is 9.60. The second kappa shape index (κ2) is 5.66. The van der Waals surface area contributed by atoms with E-state index in [-0.39, 0.29) is 6.04 Å². The van der Waals surface area contributed by atoms with E-state index in [0.717, 1.165) is 12.8 Å². The van der Waals surface area contributed by atoms with Crippen LogP contribution in [0.15, 0.2) is 59.8 Å². The summed E-state index contributed by atoms with van der Waals surface area (Å²) in [4.78, 5) is 0. The third-order valence-electron chi connectivity index (χ3n) is 3.05. The van der Waals surface area contributed by atoms with E-state index in [9.17, 15) is 0 Å². The highest BCUT2D eigenvalue weighted by atomic mass is 14.6. The van der Waals surface area contributed by atoms with Crippen LogP contribution in [0, 0.1) is 0 Å². The predicted octanol–water partition coefficient (Wildman–Crippen LogP) is 3.42. The minimum absolute atomic E-state index is 0.0572. The maximum absolute atomic E-state index is 6.31. The van der Waals surface area contributed by atoms with E-state index >= 15 is 0 Å². The minimum atomic E-state index is 0.0572. The summed E-state index contributed by atoms with van der Waals surface area (Å²) in [5.41, 5.74) is 8.87. The van der Waals surface area contributed by atoms with Crippen molar-refractivity contribution in [1.82, 2.24) is 0 Å². The molecule has 0 saturated heterocycles. The molecule has 1 unspecified atom stereocenters. The van der Waals surface area contributed by atoms with Gasteiger partial charge in [-0.15, -0.1) is 0 Å². The third kappa shape index (κ3) is 2.83. The largest absolute Gasteiger partial charge is 0.321 e. The van der Waals surface area contributed by atoms with Crippen LogP contribution in [-0.2, 0) is 0 Å². The van der Waals surface area contributed by atoms with E-state index in [1.54, 1.807) is 0 Å². The van der Waals surface area contributed by atoms with E-state index in [1.165, 1.54) is 24.0 Å². The van der Waals surface area contributed by atoms with Crippen LogP contribution in [0.4, 0.5) is 0 Å². The lowest BCUT2D eigenvalue weighted by Gasteiger charge is -2.15. The van der Waals surface area contributed by atoms with Crippen molar-refractivity contribution >= 4 is 0 Å². The van der Waals surface area contributed by atoms with Crippen LogP contribution in [0.25, 0.3) is 0 Å². The Morgan fingerprint density at radius 1 is 1.06 bits per heavy atom. The summed E-state index contributed by atoms with van der Waals surface area (Å²) in [5.74, 6) is 0. The van der Waals surface area contributed by atoms with Gasteiger partial charge >= 0.3 is 0 Å². The van der Waals surface area contributed by atoms with Gasteiger partial charge in [-0.25, -0.2) is 0 Å². The Morgan fingerprint density at radius 2 is 2.00 bits per heavy atom. The topological polar surface area (TPSA) is 26.0 Å². The highest BCUT2D eigenvalue weighted by molar-refractivity contribution is 5.38. The average molecular weight is 213 g/mol. The summed E-state index contributed by atoms with van der Waals surface area (Å²) in [7, 11) is 0. The molecule has 16 heavy (non-hydrogen) atoms. The molecule has 1 heteroatoms. The maximum atomic E-state index is 6.31. The Hall–Kier alpha value is -1.34. The molecule has 1 atom stereocenters. The van der Waals surface area contributed by atoms with E-state index < -0.39 is 0 Å². The van der Waals surface area contributed by atoms with Gasteiger partial charge in [0.25, 0.3) is 0 Å². The van der Waals surface area contributed by atoms with E-state index in [1.807, 2.05) is 0 Å². The van der Waals surface area contributed by atoms with Crippen molar-refractivity contribution in [1.29, 1.82) is 0 Å². The van der Waals surface area contributed by atoms with Crippen molar-refractivity contribution < 1.29 is 0 Å². The molecular weight excluding hydrogens is 194 g/mol. The lowest BCUT2D eigenvalue weighted by atomic mass is 9.96. The molecule has 2 aliphatic carbocycles. The molecule has 2 N–H and O–H groups in total. The van der Waals surface area contributed by atoms with Crippen molar-refractivity contribution in [2.75, 3.05) is 0 Å². The first-order chi connectivity index (χ1) is 7.88. The molecule has 84 valence electrons. The highest BCUT2D eigenvalue weighted by Gasteiger charge is 2.12. The summed E-state index contributed by atoms with van der Waals surface area (Å²) in [6, 6.07) is 0.0572. The van der Waals surface area contributed by atoms with Crippen LogP contribution in [0.5, 0.6) is 0 Å². The van der Waals surface area contributed by atoms with Crippen LogP contribution in [0.2, 0.25) is 0 Å². The molecule has 1 nitrogen and oxygen atoms in total. The van der Waals surface area contributed by atoms with Gasteiger partial charge in [-0.3, -0.25) is 0 Å². The van der Waals surface area contributed by atoms with Gasteiger partial charge in [-0.2, -0.15) is 0 Å². The van der Waals surface area contributed by atoms with Crippen LogP contribution in [0.3, 0.4) is 0 Å².